The van der Waals surface area contributed by atoms with E-state index < -0.39 is 0 Å². The number of rotatable bonds is 7. The van der Waals surface area contributed by atoms with Crippen molar-refractivity contribution in [2.24, 2.45) is 0 Å². The Kier molecular flexibility index (Phi) is 6.84. The van der Waals surface area contributed by atoms with Crippen LogP contribution in [0.4, 0.5) is 17.1 Å². The first kappa shape index (κ1) is 23.9. The lowest BCUT2D eigenvalue weighted by atomic mass is 10.0. The fourth-order valence-corrected chi connectivity index (χ4v) is 5.47. The van der Waals surface area contributed by atoms with Gasteiger partial charge in [0, 0.05) is 38.2 Å². The molecule has 184 valence electrons. The maximum atomic E-state index is 3.43. The highest BCUT2D eigenvalue weighted by molar-refractivity contribution is 7.99. The normalized spacial score (nSPS) is 10.9. The van der Waals surface area contributed by atoms with Crippen molar-refractivity contribution in [3.05, 3.63) is 151 Å². The van der Waals surface area contributed by atoms with Gasteiger partial charge >= 0.3 is 0 Å². The number of benzene rings is 5. The summed E-state index contributed by atoms with van der Waals surface area (Å²) < 4.78 is 0. The quantitative estimate of drug-likeness (QED) is 0.231. The second-order valence-electron chi connectivity index (χ2n) is 9.26. The van der Waals surface area contributed by atoms with Gasteiger partial charge in [-0.2, -0.15) is 0 Å². The number of nitrogens with one attached hydrogen (secondary N) is 1. The van der Waals surface area contributed by atoms with E-state index in [-0.39, 0.29) is 0 Å². The monoisotopic (exact) mass is 508 g/mol. The van der Waals surface area contributed by atoms with Crippen LogP contribution in [-0.2, 0) is 0 Å². The molecular formula is C35H28N2S. The molecule has 38 heavy (non-hydrogen) atoms. The molecule has 1 N–H and O–H groups in total. The third-order valence-corrected chi connectivity index (χ3v) is 7.59. The second-order valence-corrected chi connectivity index (χ2v) is 10.4. The summed E-state index contributed by atoms with van der Waals surface area (Å²) >= 11 is 1.79. The summed E-state index contributed by atoms with van der Waals surface area (Å²) in [6.45, 7) is 2.08. The van der Waals surface area contributed by atoms with Crippen molar-refractivity contribution in [3.8, 4) is 22.4 Å². The smallest absolute Gasteiger partial charge is 0.0462 e. The molecule has 6 rings (SSSR count). The van der Waals surface area contributed by atoms with Crippen molar-refractivity contribution < 1.29 is 0 Å². The summed E-state index contributed by atoms with van der Waals surface area (Å²) in [5, 5.41) is 0. The van der Waals surface area contributed by atoms with Crippen LogP contribution in [0, 0.1) is 6.92 Å². The van der Waals surface area contributed by atoms with Gasteiger partial charge < -0.3 is 9.88 Å². The molecule has 0 aliphatic heterocycles. The number of H-pyrrole nitrogens is 1. The fraction of sp³-hybridized carbons (Fsp3) is 0.0286. The zero-order chi connectivity index (χ0) is 25.7. The average molecular weight is 509 g/mol. The van der Waals surface area contributed by atoms with Crippen molar-refractivity contribution in [2.45, 2.75) is 16.7 Å². The van der Waals surface area contributed by atoms with Crippen molar-refractivity contribution >= 4 is 28.8 Å². The molecule has 0 spiro atoms. The van der Waals surface area contributed by atoms with E-state index >= 15 is 0 Å². The Morgan fingerprint density at radius 3 is 1.47 bits per heavy atom. The Labute approximate surface area is 228 Å². The SMILES string of the molecule is Cc1ccc(-c2ccc(N(c3ccccc3)c3ccc(-c4ccc(Sc5ccccc5)cc4)cc3)cc2)[nH]1. The van der Waals surface area contributed by atoms with Crippen molar-refractivity contribution in [2.75, 3.05) is 4.90 Å². The first-order chi connectivity index (χ1) is 18.7. The topological polar surface area (TPSA) is 19.0 Å². The van der Waals surface area contributed by atoms with Gasteiger partial charge in [-0.1, -0.05) is 84.6 Å². The zero-order valence-corrected chi connectivity index (χ0v) is 22.0. The summed E-state index contributed by atoms with van der Waals surface area (Å²) in [5.74, 6) is 0. The molecular weight excluding hydrogens is 480 g/mol. The highest BCUT2D eigenvalue weighted by atomic mass is 32.2. The van der Waals surface area contributed by atoms with Crippen LogP contribution in [0.25, 0.3) is 22.4 Å². The molecule has 0 amide bonds. The van der Waals surface area contributed by atoms with Crippen LogP contribution >= 0.6 is 11.8 Å². The van der Waals surface area contributed by atoms with Crippen LogP contribution in [0.3, 0.4) is 0 Å². The average Bonchev–Trinajstić information content (AvgIpc) is 3.42. The Balaban J connectivity index is 1.26. The highest BCUT2D eigenvalue weighted by Gasteiger charge is 2.13. The molecule has 0 radical (unpaired) electrons. The van der Waals surface area contributed by atoms with Gasteiger partial charge in [-0.25, -0.2) is 0 Å². The standard InChI is InChI=1S/C35H28N2S/c1-26-12-25-35(36-26)29-15-21-32(22-16-29)37(30-8-4-2-5-9-30)31-19-13-27(14-20-31)28-17-23-34(24-18-28)38-33-10-6-3-7-11-33/h2-25,36H,1H3. The van der Waals surface area contributed by atoms with E-state index in [4.69, 9.17) is 0 Å². The Morgan fingerprint density at radius 1 is 0.447 bits per heavy atom. The lowest BCUT2D eigenvalue weighted by Gasteiger charge is -2.26. The Hall–Kier alpha value is -4.47. The molecule has 0 aliphatic rings. The fourth-order valence-electron chi connectivity index (χ4n) is 4.63. The van der Waals surface area contributed by atoms with Gasteiger partial charge in [0.05, 0.1) is 0 Å². The number of aromatic amines is 1. The van der Waals surface area contributed by atoms with E-state index in [0.717, 1.165) is 22.8 Å². The molecule has 6 aromatic rings. The largest absolute Gasteiger partial charge is 0.359 e. The minimum Gasteiger partial charge on any atom is -0.359 e. The van der Waals surface area contributed by atoms with Crippen LogP contribution in [0.2, 0.25) is 0 Å². The van der Waals surface area contributed by atoms with Gasteiger partial charge in [0.1, 0.15) is 0 Å². The minimum absolute atomic E-state index is 1.12. The van der Waals surface area contributed by atoms with Crippen LogP contribution in [0.15, 0.2) is 155 Å². The van der Waals surface area contributed by atoms with E-state index in [1.165, 1.54) is 32.2 Å². The lowest BCUT2D eigenvalue weighted by Crippen LogP contribution is -2.09. The van der Waals surface area contributed by atoms with Crippen LogP contribution in [0.5, 0.6) is 0 Å². The summed E-state index contributed by atoms with van der Waals surface area (Å²) in [4.78, 5) is 8.22. The predicted octanol–water partition coefficient (Wildman–Crippen LogP) is 10.3. The molecule has 0 atom stereocenters. The van der Waals surface area contributed by atoms with Crippen LogP contribution < -0.4 is 4.90 Å². The third-order valence-electron chi connectivity index (χ3n) is 6.57. The van der Waals surface area contributed by atoms with Gasteiger partial charge in [0.2, 0.25) is 0 Å². The molecule has 0 unspecified atom stereocenters. The number of anilines is 3. The van der Waals surface area contributed by atoms with E-state index in [9.17, 15) is 0 Å². The molecule has 1 aromatic heterocycles. The number of hydrogen-bond donors (Lipinski definition) is 1. The first-order valence-corrected chi connectivity index (χ1v) is 13.6. The van der Waals surface area contributed by atoms with Gasteiger partial charge in [-0.3, -0.25) is 0 Å². The minimum atomic E-state index is 1.12. The maximum Gasteiger partial charge on any atom is 0.0462 e. The summed E-state index contributed by atoms with van der Waals surface area (Å²) in [6, 6.07) is 51.6. The molecule has 0 fully saturated rings. The molecule has 1 heterocycles. The first-order valence-electron chi connectivity index (χ1n) is 12.8. The van der Waals surface area contributed by atoms with Gasteiger partial charge in [0.15, 0.2) is 0 Å². The van der Waals surface area contributed by atoms with Crippen LogP contribution in [-0.4, -0.2) is 4.98 Å². The second kappa shape index (κ2) is 10.9. The highest BCUT2D eigenvalue weighted by Crippen LogP contribution is 2.37. The molecule has 0 saturated carbocycles. The number of aromatic nitrogens is 1. The number of hydrogen-bond acceptors (Lipinski definition) is 2. The zero-order valence-electron chi connectivity index (χ0n) is 21.2. The van der Waals surface area contributed by atoms with E-state index in [1.54, 1.807) is 11.8 Å². The summed E-state index contributed by atoms with van der Waals surface area (Å²) in [6.07, 6.45) is 0. The number of aryl methyl sites for hydroxylation is 1. The summed E-state index contributed by atoms with van der Waals surface area (Å²) in [5.41, 5.74) is 9.28. The van der Waals surface area contributed by atoms with E-state index in [2.05, 4.69) is 162 Å². The van der Waals surface area contributed by atoms with Crippen molar-refractivity contribution in [3.63, 3.8) is 0 Å². The Morgan fingerprint density at radius 2 is 0.921 bits per heavy atom. The molecule has 5 aromatic carbocycles. The number of para-hydroxylation sites is 1. The van der Waals surface area contributed by atoms with Crippen molar-refractivity contribution in [1.82, 2.24) is 4.98 Å². The van der Waals surface area contributed by atoms with Crippen LogP contribution in [0.1, 0.15) is 5.69 Å². The van der Waals surface area contributed by atoms with Gasteiger partial charge in [-0.15, -0.1) is 0 Å². The molecule has 3 heteroatoms. The maximum absolute atomic E-state index is 3.43. The summed E-state index contributed by atoms with van der Waals surface area (Å²) in [7, 11) is 0. The van der Waals surface area contributed by atoms with Crippen molar-refractivity contribution in [1.29, 1.82) is 0 Å². The van der Waals surface area contributed by atoms with E-state index in [1.807, 2.05) is 0 Å². The molecule has 0 saturated heterocycles. The number of nitrogens with zero attached hydrogens (tertiary/aromatic N) is 1. The molecule has 2 nitrogen and oxygen atoms in total. The molecule has 0 aliphatic carbocycles. The Bertz CT molecular complexity index is 1600. The van der Waals surface area contributed by atoms with Gasteiger partial charge in [-0.05, 0) is 96.4 Å². The lowest BCUT2D eigenvalue weighted by molar-refractivity contribution is 1.26. The van der Waals surface area contributed by atoms with Gasteiger partial charge in [0.25, 0.3) is 0 Å². The predicted molar refractivity (Wildman–Crippen MR) is 162 cm³/mol. The third kappa shape index (κ3) is 5.29. The molecule has 0 bridgehead atoms. The van der Waals surface area contributed by atoms with E-state index in [0.29, 0.717) is 0 Å².